The molecular weight excluding hydrogens is 212 g/mol. The van der Waals surface area contributed by atoms with Gasteiger partial charge in [0.1, 0.15) is 0 Å². The van der Waals surface area contributed by atoms with E-state index in [1.165, 1.54) is 12.0 Å². The van der Waals surface area contributed by atoms with E-state index in [2.05, 4.69) is 41.0 Å². The van der Waals surface area contributed by atoms with Crippen molar-refractivity contribution in [2.45, 2.75) is 24.5 Å². The zero-order chi connectivity index (χ0) is 11.5. The minimum absolute atomic E-state index is 0.348. The molecule has 2 fully saturated rings. The molecule has 0 aromatic heterocycles. The zero-order valence-corrected chi connectivity index (χ0v) is 10.1. The van der Waals surface area contributed by atoms with Gasteiger partial charge in [0.05, 0.1) is 12.7 Å². The molecule has 1 heterocycles. The van der Waals surface area contributed by atoms with E-state index in [1.54, 1.807) is 0 Å². The average Bonchev–Trinajstić information content (AvgIpc) is 3.18. The number of hydrogen-bond donors (Lipinski definition) is 2. The molecule has 1 saturated carbocycles. The van der Waals surface area contributed by atoms with Gasteiger partial charge in [-0.25, -0.2) is 0 Å². The fourth-order valence-electron chi connectivity index (χ4n) is 2.52. The number of ether oxygens (including phenoxy) is 1. The number of nitrogens with one attached hydrogen (secondary N) is 2. The highest BCUT2D eigenvalue weighted by atomic mass is 16.5. The Kier molecular flexibility index (Phi) is 3.41. The van der Waals surface area contributed by atoms with Gasteiger partial charge in [-0.2, -0.15) is 0 Å². The van der Waals surface area contributed by atoms with Gasteiger partial charge in [0, 0.05) is 31.6 Å². The zero-order valence-electron chi connectivity index (χ0n) is 10.1. The molecule has 0 spiro atoms. The van der Waals surface area contributed by atoms with E-state index >= 15 is 0 Å². The maximum Gasteiger partial charge on any atom is 0.0824 e. The molecule has 3 heteroatoms. The van der Waals surface area contributed by atoms with Crippen LogP contribution in [0.5, 0.6) is 0 Å². The van der Waals surface area contributed by atoms with E-state index in [-0.39, 0.29) is 0 Å². The van der Waals surface area contributed by atoms with Gasteiger partial charge in [0.15, 0.2) is 0 Å². The van der Waals surface area contributed by atoms with Gasteiger partial charge in [-0.05, 0) is 12.0 Å². The Morgan fingerprint density at radius 3 is 2.94 bits per heavy atom. The first-order valence-corrected chi connectivity index (χ1v) is 6.54. The molecule has 0 bridgehead atoms. The molecule has 2 N–H and O–H groups in total. The first kappa shape index (κ1) is 11.2. The lowest BCUT2D eigenvalue weighted by Gasteiger charge is -2.23. The molecule has 3 nitrogen and oxygen atoms in total. The van der Waals surface area contributed by atoms with Crippen LogP contribution in [0, 0.1) is 0 Å². The Bertz CT molecular complexity index is 348. The quantitative estimate of drug-likeness (QED) is 0.816. The lowest BCUT2D eigenvalue weighted by Crippen LogP contribution is -2.44. The van der Waals surface area contributed by atoms with Gasteiger partial charge in [0.2, 0.25) is 0 Å². The molecule has 1 aromatic rings. The number of morpholine rings is 1. The van der Waals surface area contributed by atoms with E-state index in [0.29, 0.717) is 18.1 Å². The summed E-state index contributed by atoms with van der Waals surface area (Å²) in [4.78, 5) is 0. The number of hydrogen-bond acceptors (Lipinski definition) is 3. The smallest absolute Gasteiger partial charge is 0.0824 e. The molecule has 0 amide bonds. The standard InChI is InChI=1S/C14H20N2O/c1-2-4-11(5-3-1)13-8-14(13)16-10-12-9-15-6-7-17-12/h1-5,12-16H,6-10H2/t12?,13-,14?/m1/s1. The molecular formula is C14H20N2O. The third-order valence-corrected chi connectivity index (χ3v) is 3.63. The summed E-state index contributed by atoms with van der Waals surface area (Å²) in [5.41, 5.74) is 1.47. The Morgan fingerprint density at radius 1 is 1.29 bits per heavy atom. The molecule has 2 aliphatic rings. The van der Waals surface area contributed by atoms with Crippen molar-refractivity contribution >= 4 is 0 Å². The highest BCUT2D eigenvalue weighted by molar-refractivity contribution is 5.27. The first-order valence-electron chi connectivity index (χ1n) is 6.54. The van der Waals surface area contributed by atoms with Gasteiger partial charge in [-0.3, -0.25) is 0 Å². The van der Waals surface area contributed by atoms with Crippen molar-refractivity contribution in [2.75, 3.05) is 26.2 Å². The summed E-state index contributed by atoms with van der Waals surface area (Å²) in [6, 6.07) is 11.4. The fraction of sp³-hybridized carbons (Fsp3) is 0.571. The highest BCUT2D eigenvalue weighted by Gasteiger charge is 2.38. The summed E-state index contributed by atoms with van der Waals surface area (Å²) in [5, 5.41) is 6.97. The second kappa shape index (κ2) is 5.17. The summed E-state index contributed by atoms with van der Waals surface area (Å²) in [7, 11) is 0. The van der Waals surface area contributed by atoms with Crippen LogP contribution < -0.4 is 10.6 Å². The normalized spacial score (nSPS) is 32.4. The monoisotopic (exact) mass is 232 g/mol. The average molecular weight is 232 g/mol. The predicted octanol–water partition coefficient (Wildman–Crippen LogP) is 1.12. The van der Waals surface area contributed by atoms with E-state index < -0.39 is 0 Å². The van der Waals surface area contributed by atoms with E-state index in [0.717, 1.165) is 26.2 Å². The Balaban J connectivity index is 1.43. The van der Waals surface area contributed by atoms with Crippen molar-refractivity contribution in [2.24, 2.45) is 0 Å². The van der Waals surface area contributed by atoms with E-state index in [4.69, 9.17) is 4.74 Å². The predicted molar refractivity (Wildman–Crippen MR) is 68.2 cm³/mol. The number of rotatable bonds is 4. The third kappa shape index (κ3) is 2.86. The SMILES string of the molecule is c1ccc([C@H]2CC2NCC2CNCCO2)cc1. The minimum atomic E-state index is 0.348. The van der Waals surface area contributed by atoms with E-state index in [1.807, 2.05) is 0 Å². The molecule has 2 unspecified atom stereocenters. The van der Waals surface area contributed by atoms with Crippen LogP contribution >= 0.6 is 0 Å². The van der Waals surface area contributed by atoms with Crippen molar-refractivity contribution in [3.05, 3.63) is 35.9 Å². The summed E-state index contributed by atoms with van der Waals surface area (Å²) in [6.45, 7) is 3.79. The van der Waals surface area contributed by atoms with Crippen molar-refractivity contribution in [3.63, 3.8) is 0 Å². The van der Waals surface area contributed by atoms with Crippen LogP contribution in [0.15, 0.2) is 30.3 Å². The van der Waals surface area contributed by atoms with Gasteiger partial charge in [-0.15, -0.1) is 0 Å². The lowest BCUT2D eigenvalue weighted by atomic mass is 10.1. The molecule has 3 atom stereocenters. The Morgan fingerprint density at radius 2 is 2.18 bits per heavy atom. The molecule has 92 valence electrons. The highest BCUT2D eigenvalue weighted by Crippen LogP contribution is 2.40. The van der Waals surface area contributed by atoms with Gasteiger partial charge in [-0.1, -0.05) is 30.3 Å². The summed E-state index contributed by atoms with van der Waals surface area (Å²) in [6.07, 6.45) is 1.62. The van der Waals surface area contributed by atoms with Crippen molar-refractivity contribution in [1.29, 1.82) is 0 Å². The molecule has 17 heavy (non-hydrogen) atoms. The van der Waals surface area contributed by atoms with Crippen molar-refractivity contribution < 1.29 is 4.74 Å². The summed E-state index contributed by atoms with van der Waals surface area (Å²) in [5.74, 6) is 0.716. The summed E-state index contributed by atoms with van der Waals surface area (Å²) < 4.78 is 5.67. The second-order valence-electron chi connectivity index (χ2n) is 4.96. The van der Waals surface area contributed by atoms with Crippen LogP contribution in [0.1, 0.15) is 17.9 Å². The first-order chi connectivity index (χ1) is 8.43. The molecule has 0 radical (unpaired) electrons. The topological polar surface area (TPSA) is 33.3 Å². The maximum atomic E-state index is 5.67. The largest absolute Gasteiger partial charge is 0.374 e. The van der Waals surface area contributed by atoms with E-state index in [9.17, 15) is 0 Å². The molecule has 1 saturated heterocycles. The van der Waals surface area contributed by atoms with Gasteiger partial charge in [0.25, 0.3) is 0 Å². The van der Waals surface area contributed by atoms with Crippen LogP contribution in [-0.4, -0.2) is 38.4 Å². The minimum Gasteiger partial charge on any atom is -0.374 e. The third-order valence-electron chi connectivity index (χ3n) is 3.63. The van der Waals surface area contributed by atoms with Crippen LogP contribution in [0.4, 0.5) is 0 Å². The Hall–Kier alpha value is -0.900. The second-order valence-corrected chi connectivity index (χ2v) is 4.96. The fourth-order valence-corrected chi connectivity index (χ4v) is 2.52. The molecule has 1 aromatic carbocycles. The molecule has 1 aliphatic carbocycles. The summed E-state index contributed by atoms with van der Waals surface area (Å²) >= 11 is 0. The maximum absolute atomic E-state index is 5.67. The molecule has 3 rings (SSSR count). The van der Waals surface area contributed by atoms with Crippen molar-refractivity contribution in [1.82, 2.24) is 10.6 Å². The van der Waals surface area contributed by atoms with Crippen molar-refractivity contribution in [3.8, 4) is 0 Å². The van der Waals surface area contributed by atoms with Crippen LogP contribution in [0.2, 0.25) is 0 Å². The van der Waals surface area contributed by atoms with Crippen LogP contribution in [-0.2, 0) is 4.74 Å². The van der Waals surface area contributed by atoms with Crippen LogP contribution in [0.25, 0.3) is 0 Å². The Labute approximate surface area is 103 Å². The number of benzene rings is 1. The van der Waals surface area contributed by atoms with Crippen LogP contribution in [0.3, 0.4) is 0 Å². The van der Waals surface area contributed by atoms with Gasteiger partial charge < -0.3 is 15.4 Å². The van der Waals surface area contributed by atoms with Gasteiger partial charge >= 0.3 is 0 Å². The molecule has 1 aliphatic heterocycles. The lowest BCUT2D eigenvalue weighted by molar-refractivity contribution is 0.0289.